The van der Waals surface area contributed by atoms with Gasteiger partial charge in [-0.25, -0.2) is 4.79 Å². The highest BCUT2D eigenvalue weighted by Crippen LogP contribution is 2.22. The molecule has 0 aliphatic carbocycles. The van der Waals surface area contributed by atoms with E-state index in [4.69, 9.17) is 4.52 Å². The first-order valence-corrected chi connectivity index (χ1v) is 11.1. The molecule has 0 bridgehead atoms. The van der Waals surface area contributed by atoms with Crippen LogP contribution in [0.5, 0.6) is 0 Å². The highest BCUT2D eigenvalue weighted by atomic mass is 16.5. The third-order valence-corrected chi connectivity index (χ3v) is 6.13. The van der Waals surface area contributed by atoms with Crippen molar-refractivity contribution in [3.63, 3.8) is 0 Å². The van der Waals surface area contributed by atoms with Gasteiger partial charge in [-0.05, 0) is 30.7 Å². The van der Waals surface area contributed by atoms with E-state index in [9.17, 15) is 9.59 Å². The van der Waals surface area contributed by atoms with Crippen LogP contribution in [0.2, 0.25) is 0 Å². The highest BCUT2D eigenvalue weighted by molar-refractivity contribution is 5.98. The van der Waals surface area contributed by atoms with E-state index in [1.165, 1.54) is 0 Å². The summed E-state index contributed by atoms with van der Waals surface area (Å²) in [6.45, 7) is 6.49. The number of aromatic nitrogens is 2. The molecule has 170 valence electrons. The molecule has 3 heterocycles. The summed E-state index contributed by atoms with van der Waals surface area (Å²) in [5.41, 5.74) is 3.42. The van der Waals surface area contributed by atoms with Crippen LogP contribution in [0.25, 0.3) is 11.4 Å². The lowest BCUT2D eigenvalue weighted by atomic mass is 10.1. The van der Waals surface area contributed by atoms with Crippen molar-refractivity contribution in [2.45, 2.75) is 13.5 Å². The number of nitrogens with one attached hydrogen (secondary N) is 1. The van der Waals surface area contributed by atoms with Crippen molar-refractivity contribution in [2.24, 2.45) is 0 Å². The van der Waals surface area contributed by atoms with E-state index >= 15 is 0 Å². The smallest absolute Gasteiger partial charge is 0.321 e. The Balaban J connectivity index is 1.18. The monoisotopic (exact) mass is 446 g/mol. The first-order valence-electron chi connectivity index (χ1n) is 11.1. The van der Waals surface area contributed by atoms with Gasteiger partial charge in [0.15, 0.2) is 0 Å². The molecule has 2 aromatic carbocycles. The van der Waals surface area contributed by atoms with Gasteiger partial charge in [0.1, 0.15) is 0 Å². The predicted molar refractivity (Wildman–Crippen MR) is 123 cm³/mol. The second-order valence-electron chi connectivity index (χ2n) is 8.33. The van der Waals surface area contributed by atoms with Gasteiger partial charge in [0.05, 0.1) is 6.54 Å². The molecule has 0 spiro atoms. The zero-order valence-corrected chi connectivity index (χ0v) is 18.5. The number of nitrogens with zero attached hydrogens (tertiary/aromatic N) is 5. The summed E-state index contributed by atoms with van der Waals surface area (Å²) >= 11 is 0. The molecule has 1 aromatic heterocycles. The predicted octanol–water partition coefficient (Wildman–Crippen LogP) is 2.53. The quantitative estimate of drug-likeness (QED) is 0.647. The van der Waals surface area contributed by atoms with Crippen molar-refractivity contribution in [1.82, 2.24) is 25.3 Å². The van der Waals surface area contributed by atoms with Gasteiger partial charge < -0.3 is 14.7 Å². The third kappa shape index (κ3) is 4.45. The van der Waals surface area contributed by atoms with Crippen LogP contribution >= 0.6 is 0 Å². The number of hydrogen-bond acceptors (Lipinski definition) is 6. The Morgan fingerprint density at radius 1 is 1.06 bits per heavy atom. The average molecular weight is 447 g/mol. The van der Waals surface area contributed by atoms with Gasteiger partial charge in [0, 0.05) is 56.1 Å². The van der Waals surface area contributed by atoms with Gasteiger partial charge in [-0.2, -0.15) is 4.98 Å². The van der Waals surface area contributed by atoms with E-state index in [-0.39, 0.29) is 11.9 Å². The first kappa shape index (κ1) is 21.1. The van der Waals surface area contributed by atoms with Crippen LogP contribution in [-0.2, 0) is 6.54 Å². The molecular weight excluding hydrogens is 420 g/mol. The fourth-order valence-electron chi connectivity index (χ4n) is 4.26. The van der Waals surface area contributed by atoms with Gasteiger partial charge in [0.2, 0.25) is 11.7 Å². The Morgan fingerprint density at radius 2 is 1.88 bits per heavy atom. The van der Waals surface area contributed by atoms with Crippen molar-refractivity contribution >= 4 is 17.6 Å². The van der Waals surface area contributed by atoms with Gasteiger partial charge >= 0.3 is 6.03 Å². The molecule has 0 unspecified atom stereocenters. The maximum Gasteiger partial charge on any atom is 0.321 e. The van der Waals surface area contributed by atoms with E-state index < -0.39 is 0 Å². The number of carbonyl (C=O) groups excluding carboxylic acids is 2. The van der Waals surface area contributed by atoms with Crippen molar-refractivity contribution < 1.29 is 14.1 Å². The number of urea groups is 1. The van der Waals surface area contributed by atoms with Crippen LogP contribution in [0, 0.1) is 6.92 Å². The molecule has 2 aliphatic rings. The van der Waals surface area contributed by atoms with Crippen molar-refractivity contribution in [3.8, 4) is 11.4 Å². The molecule has 0 radical (unpaired) electrons. The number of hydrogen-bond donors (Lipinski definition) is 1. The fraction of sp³-hybridized carbons (Fsp3) is 0.333. The molecule has 5 rings (SSSR count). The SMILES string of the molecule is Cc1ccccc1-c1noc(CN2CCN(C(=O)c3cccc(N4CCNC4=O)c3)CC2)n1. The van der Waals surface area contributed by atoms with Crippen LogP contribution in [0.1, 0.15) is 21.8 Å². The summed E-state index contributed by atoms with van der Waals surface area (Å²) in [5, 5.41) is 6.92. The van der Waals surface area contributed by atoms with Crippen LogP contribution in [0.4, 0.5) is 10.5 Å². The molecule has 2 saturated heterocycles. The molecule has 33 heavy (non-hydrogen) atoms. The third-order valence-electron chi connectivity index (χ3n) is 6.13. The number of aryl methyl sites for hydroxylation is 1. The molecule has 2 fully saturated rings. The Kier molecular flexibility index (Phi) is 5.78. The van der Waals surface area contributed by atoms with E-state index in [1.54, 1.807) is 17.0 Å². The molecule has 0 saturated carbocycles. The van der Waals surface area contributed by atoms with Gasteiger partial charge in [0.25, 0.3) is 5.91 Å². The van der Waals surface area contributed by atoms with Crippen molar-refractivity contribution in [2.75, 3.05) is 44.2 Å². The zero-order chi connectivity index (χ0) is 22.8. The molecule has 2 aliphatic heterocycles. The number of carbonyl (C=O) groups is 2. The minimum atomic E-state index is -0.125. The summed E-state index contributed by atoms with van der Waals surface area (Å²) in [4.78, 5) is 35.3. The second kappa shape index (κ2) is 9.03. The Hall–Kier alpha value is -3.72. The minimum absolute atomic E-state index is 0.0178. The minimum Gasteiger partial charge on any atom is -0.338 e. The van der Waals surface area contributed by atoms with Gasteiger partial charge in [-0.3, -0.25) is 14.6 Å². The summed E-state index contributed by atoms with van der Waals surface area (Å²) < 4.78 is 5.47. The van der Waals surface area contributed by atoms with Crippen molar-refractivity contribution in [1.29, 1.82) is 0 Å². The number of anilines is 1. The average Bonchev–Trinajstić information content (AvgIpc) is 3.48. The lowest BCUT2D eigenvalue weighted by molar-refractivity contribution is 0.0615. The molecule has 3 amide bonds. The Bertz CT molecular complexity index is 1170. The number of piperazine rings is 1. The van der Waals surface area contributed by atoms with Crippen LogP contribution in [0.15, 0.2) is 53.1 Å². The summed E-state index contributed by atoms with van der Waals surface area (Å²) in [5.74, 6) is 1.16. The first-order chi connectivity index (χ1) is 16.1. The Labute approximate surface area is 192 Å². The summed E-state index contributed by atoms with van der Waals surface area (Å²) in [7, 11) is 0. The van der Waals surface area contributed by atoms with E-state index in [2.05, 4.69) is 20.4 Å². The molecule has 1 N–H and O–H groups in total. The highest BCUT2D eigenvalue weighted by Gasteiger charge is 2.26. The number of benzene rings is 2. The van der Waals surface area contributed by atoms with Crippen molar-refractivity contribution in [3.05, 3.63) is 65.5 Å². The standard InChI is InChI=1S/C24H26N6O3/c1-17-5-2-3-8-20(17)22-26-21(33-27-22)16-28-11-13-29(14-12-28)23(31)18-6-4-7-19(15-18)30-10-9-25-24(30)32/h2-8,15H,9-14,16H2,1H3,(H,25,32). The lowest BCUT2D eigenvalue weighted by Gasteiger charge is -2.34. The lowest BCUT2D eigenvalue weighted by Crippen LogP contribution is -2.48. The molecule has 9 heteroatoms. The number of amides is 3. The van der Waals surface area contributed by atoms with Crippen LogP contribution in [-0.4, -0.2) is 71.1 Å². The van der Waals surface area contributed by atoms with E-state index in [0.717, 1.165) is 29.9 Å². The summed E-state index contributed by atoms with van der Waals surface area (Å²) in [6, 6.07) is 15.1. The van der Waals surface area contributed by atoms with E-state index in [0.29, 0.717) is 50.0 Å². The fourth-order valence-corrected chi connectivity index (χ4v) is 4.26. The summed E-state index contributed by atoms with van der Waals surface area (Å²) in [6.07, 6.45) is 0. The molecular formula is C24H26N6O3. The largest absolute Gasteiger partial charge is 0.338 e. The van der Waals surface area contributed by atoms with Crippen LogP contribution < -0.4 is 10.2 Å². The maximum atomic E-state index is 13.1. The maximum absolute atomic E-state index is 13.1. The zero-order valence-electron chi connectivity index (χ0n) is 18.5. The number of rotatable bonds is 5. The van der Waals surface area contributed by atoms with E-state index in [1.807, 2.05) is 48.2 Å². The van der Waals surface area contributed by atoms with Crippen LogP contribution in [0.3, 0.4) is 0 Å². The normalized spacial score (nSPS) is 16.8. The second-order valence-corrected chi connectivity index (χ2v) is 8.33. The molecule has 0 atom stereocenters. The topological polar surface area (TPSA) is 94.8 Å². The Morgan fingerprint density at radius 3 is 2.64 bits per heavy atom. The van der Waals surface area contributed by atoms with Gasteiger partial charge in [-0.15, -0.1) is 0 Å². The molecule has 3 aromatic rings. The molecule has 9 nitrogen and oxygen atoms in total. The van der Waals surface area contributed by atoms with Gasteiger partial charge in [-0.1, -0.05) is 35.5 Å².